The minimum Gasteiger partial charge on any atom is -0.389 e. The lowest BCUT2D eigenvalue weighted by Gasteiger charge is -2.13. The summed E-state index contributed by atoms with van der Waals surface area (Å²) >= 11 is 8.16. The Kier molecular flexibility index (Phi) is 4.35. The highest BCUT2D eigenvalue weighted by atomic mass is 79.9. The summed E-state index contributed by atoms with van der Waals surface area (Å²) in [4.78, 5) is 4.62. The zero-order chi connectivity index (χ0) is 14.9. The summed E-state index contributed by atoms with van der Waals surface area (Å²) < 4.78 is 14.1. The molecule has 0 spiro atoms. The monoisotopic (exact) mass is 353 g/mol. The number of aryl methyl sites for hydroxylation is 2. The summed E-state index contributed by atoms with van der Waals surface area (Å²) in [5.74, 6) is 0.185. The molecule has 1 heterocycles. The van der Waals surface area contributed by atoms with Gasteiger partial charge >= 0.3 is 0 Å². The molecule has 0 amide bonds. The first kappa shape index (κ1) is 14.9. The Labute approximate surface area is 130 Å². The van der Waals surface area contributed by atoms with E-state index in [0.29, 0.717) is 21.5 Å². The highest BCUT2D eigenvalue weighted by molar-refractivity contribution is 9.10. The van der Waals surface area contributed by atoms with Crippen LogP contribution in [0.2, 0.25) is 0 Å². The number of nitrogens with two attached hydrogens (primary N) is 1. The zero-order valence-corrected chi connectivity index (χ0v) is 13.4. The molecule has 2 aromatic rings. The van der Waals surface area contributed by atoms with Crippen molar-refractivity contribution < 1.29 is 4.39 Å². The van der Waals surface area contributed by atoms with Gasteiger partial charge in [0, 0.05) is 11.4 Å². The number of halogens is 2. The van der Waals surface area contributed by atoms with Gasteiger partial charge in [-0.1, -0.05) is 12.2 Å². The fourth-order valence-electron chi connectivity index (χ4n) is 1.76. The van der Waals surface area contributed by atoms with Crippen molar-refractivity contribution in [3.05, 3.63) is 51.4 Å². The summed E-state index contributed by atoms with van der Waals surface area (Å²) in [6, 6.07) is 6.74. The molecule has 0 bridgehead atoms. The maximum absolute atomic E-state index is 13.6. The Morgan fingerprint density at radius 1 is 1.35 bits per heavy atom. The number of pyridine rings is 1. The maximum atomic E-state index is 13.6. The van der Waals surface area contributed by atoms with E-state index < -0.39 is 0 Å². The molecule has 20 heavy (non-hydrogen) atoms. The van der Waals surface area contributed by atoms with Gasteiger partial charge in [-0.05, 0) is 59.6 Å². The molecule has 0 atom stereocenters. The van der Waals surface area contributed by atoms with Crippen LogP contribution in [-0.4, -0.2) is 9.97 Å². The summed E-state index contributed by atoms with van der Waals surface area (Å²) in [6.45, 7) is 3.74. The quantitative estimate of drug-likeness (QED) is 0.819. The lowest BCUT2D eigenvalue weighted by Crippen LogP contribution is -2.13. The highest BCUT2D eigenvalue weighted by Crippen LogP contribution is 2.27. The molecule has 0 saturated carbocycles. The van der Waals surface area contributed by atoms with Crippen LogP contribution in [0.4, 0.5) is 15.9 Å². The van der Waals surface area contributed by atoms with E-state index in [1.54, 1.807) is 12.1 Å². The van der Waals surface area contributed by atoms with E-state index in [1.165, 1.54) is 6.07 Å². The van der Waals surface area contributed by atoms with Gasteiger partial charge in [-0.2, -0.15) is 0 Å². The molecule has 6 heteroatoms. The Balaban J connectivity index is 2.47. The van der Waals surface area contributed by atoms with Crippen LogP contribution in [0.5, 0.6) is 0 Å². The van der Waals surface area contributed by atoms with Crippen LogP contribution in [0.1, 0.15) is 16.8 Å². The van der Waals surface area contributed by atoms with Gasteiger partial charge in [0.1, 0.15) is 16.6 Å². The van der Waals surface area contributed by atoms with E-state index in [-0.39, 0.29) is 10.8 Å². The van der Waals surface area contributed by atoms with Gasteiger partial charge < -0.3 is 11.1 Å². The molecule has 0 saturated heterocycles. The largest absolute Gasteiger partial charge is 0.389 e. The van der Waals surface area contributed by atoms with Gasteiger partial charge in [-0.25, -0.2) is 9.37 Å². The third-order valence-electron chi connectivity index (χ3n) is 2.82. The minimum atomic E-state index is -0.345. The minimum absolute atomic E-state index is 0.246. The average Bonchev–Trinajstić information content (AvgIpc) is 2.35. The number of nitrogens with one attached hydrogen (secondary N) is 1. The molecule has 104 valence electrons. The second kappa shape index (κ2) is 5.85. The molecule has 3 nitrogen and oxygen atoms in total. The van der Waals surface area contributed by atoms with E-state index in [0.717, 1.165) is 11.3 Å². The van der Waals surface area contributed by atoms with Crippen LogP contribution in [-0.2, 0) is 0 Å². The molecular formula is C14H13BrFN3S. The van der Waals surface area contributed by atoms with Gasteiger partial charge in [0.15, 0.2) is 0 Å². The zero-order valence-electron chi connectivity index (χ0n) is 11.0. The Morgan fingerprint density at radius 3 is 2.70 bits per heavy atom. The number of aromatic nitrogens is 1. The first-order valence-electron chi connectivity index (χ1n) is 5.88. The van der Waals surface area contributed by atoms with E-state index in [1.807, 2.05) is 19.9 Å². The normalized spacial score (nSPS) is 10.4. The fraction of sp³-hybridized carbons (Fsp3) is 0.143. The molecule has 0 radical (unpaired) electrons. The van der Waals surface area contributed by atoms with Crippen LogP contribution < -0.4 is 11.1 Å². The number of hydrogen-bond donors (Lipinski definition) is 2. The maximum Gasteiger partial charge on any atom is 0.140 e. The summed E-state index contributed by atoms with van der Waals surface area (Å²) in [5.41, 5.74) is 8.65. The number of benzene rings is 1. The van der Waals surface area contributed by atoms with Crippen molar-refractivity contribution in [1.82, 2.24) is 4.98 Å². The number of thiocarbonyl (C=S) groups is 1. The Morgan fingerprint density at radius 2 is 2.05 bits per heavy atom. The number of nitrogens with zero attached hydrogens (tertiary/aromatic N) is 1. The van der Waals surface area contributed by atoms with Crippen molar-refractivity contribution in [2.75, 3.05) is 5.32 Å². The lowest BCUT2D eigenvalue weighted by atomic mass is 10.1. The summed E-state index contributed by atoms with van der Waals surface area (Å²) in [5, 5.41) is 3.09. The first-order valence-corrected chi connectivity index (χ1v) is 7.08. The molecule has 0 aliphatic carbocycles. The van der Waals surface area contributed by atoms with E-state index in [4.69, 9.17) is 18.0 Å². The predicted octanol–water partition coefficient (Wildman–Crippen LogP) is 3.98. The van der Waals surface area contributed by atoms with Crippen molar-refractivity contribution in [2.45, 2.75) is 13.8 Å². The Hall–Kier alpha value is -1.53. The van der Waals surface area contributed by atoms with Crippen LogP contribution in [0.3, 0.4) is 0 Å². The molecule has 2 rings (SSSR count). The Bertz CT molecular complexity index is 688. The van der Waals surface area contributed by atoms with E-state index >= 15 is 0 Å². The van der Waals surface area contributed by atoms with Gasteiger partial charge in [0.2, 0.25) is 0 Å². The molecule has 0 aliphatic heterocycles. The molecule has 0 unspecified atom stereocenters. The summed E-state index contributed by atoms with van der Waals surface area (Å²) in [7, 11) is 0. The highest BCUT2D eigenvalue weighted by Gasteiger charge is 2.11. The van der Waals surface area contributed by atoms with Crippen molar-refractivity contribution in [1.29, 1.82) is 0 Å². The molecule has 0 fully saturated rings. The standard InChI is InChI=1S/C14H13BrFN3S/c1-7-5-10(15)11(16)6-12(7)19-14-9(13(17)20)4-3-8(2)18-14/h3-6H,1-2H3,(H2,17,20)(H,18,19). The molecule has 0 aliphatic rings. The molecule has 3 N–H and O–H groups in total. The third-order valence-corrected chi connectivity index (χ3v) is 3.65. The van der Waals surface area contributed by atoms with Gasteiger partial charge in [-0.3, -0.25) is 0 Å². The van der Waals surface area contributed by atoms with Crippen LogP contribution >= 0.6 is 28.1 Å². The number of hydrogen-bond acceptors (Lipinski definition) is 3. The van der Waals surface area contributed by atoms with Crippen molar-refractivity contribution in [3.63, 3.8) is 0 Å². The second-order valence-electron chi connectivity index (χ2n) is 4.42. The predicted molar refractivity (Wildman–Crippen MR) is 87.0 cm³/mol. The molecule has 1 aromatic carbocycles. The number of rotatable bonds is 3. The van der Waals surface area contributed by atoms with Crippen LogP contribution in [0, 0.1) is 19.7 Å². The topological polar surface area (TPSA) is 50.9 Å². The first-order chi connectivity index (χ1) is 9.38. The number of anilines is 2. The lowest BCUT2D eigenvalue weighted by molar-refractivity contribution is 0.621. The smallest absolute Gasteiger partial charge is 0.140 e. The van der Waals surface area contributed by atoms with Gasteiger partial charge in [-0.15, -0.1) is 0 Å². The molecular weight excluding hydrogens is 341 g/mol. The van der Waals surface area contributed by atoms with Crippen LogP contribution in [0.25, 0.3) is 0 Å². The average molecular weight is 354 g/mol. The fourth-order valence-corrected chi connectivity index (χ4v) is 2.38. The van der Waals surface area contributed by atoms with Crippen molar-refractivity contribution in [2.24, 2.45) is 5.73 Å². The van der Waals surface area contributed by atoms with E-state index in [9.17, 15) is 4.39 Å². The van der Waals surface area contributed by atoms with Crippen LogP contribution in [0.15, 0.2) is 28.7 Å². The summed E-state index contributed by atoms with van der Waals surface area (Å²) in [6.07, 6.45) is 0. The van der Waals surface area contributed by atoms with Gasteiger partial charge in [0.05, 0.1) is 10.0 Å². The second-order valence-corrected chi connectivity index (χ2v) is 5.71. The molecule has 1 aromatic heterocycles. The van der Waals surface area contributed by atoms with E-state index in [2.05, 4.69) is 26.2 Å². The van der Waals surface area contributed by atoms with Crippen molar-refractivity contribution in [3.8, 4) is 0 Å². The SMILES string of the molecule is Cc1ccc(C(N)=S)c(Nc2cc(F)c(Br)cc2C)n1. The van der Waals surface area contributed by atoms with Crippen molar-refractivity contribution >= 4 is 44.6 Å². The third kappa shape index (κ3) is 3.13. The van der Waals surface area contributed by atoms with Gasteiger partial charge in [0.25, 0.3) is 0 Å².